The molecule has 0 radical (unpaired) electrons. The predicted molar refractivity (Wildman–Crippen MR) is 119 cm³/mol. The minimum atomic E-state index is 0.756. The Kier molecular flexibility index (Phi) is 4.36. The molecule has 4 nitrogen and oxygen atoms in total. The van der Waals surface area contributed by atoms with Crippen LogP contribution in [-0.2, 0) is 19.5 Å². The molecule has 0 bridgehead atoms. The molecular weight excluding hydrogens is 356 g/mol. The molecule has 2 N–H and O–H groups in total. The summed E-state index contributed by atoms with van der Waals surface area (Å²) in [6.45, 7) is 7.18. The first-order valence-electron chi connectivity index (χ1n) is 10.2. The van der Waals surface area contributed by atoms with Crippen molar-refractivity contribution in [2.24, 2.45) is 0 Å². The van der Waals surface area contributed by atoms with Gasteiger partial charge in [-0.15, -0.1) is 0 Å². The number of benzene rings is 2. The summed E-state index contributed by atoms with van der Waals surface area (Å²) in [5, 5.41) is 0. The number of hydrogen-bond acceptors (Lipinski definition) is 3. The summed E-state index contributed by atoms with van der Waals surface area (Å²) >= 11 is 0. The van der Waals surface area contributed by atoms with Gasteiger partial charge in [-0.2, -0.15) is 0 Å². The fraction of sp³-hybridized carbons (Fsp3) is 0.240. The molecule has 1 aliphatic rings. The van der Waals surface area contributed by atoms with Crippen LogP contribution in [0.3, 0.4) is 0 Å². The second-order valence-corrected chi connectivity index (χ2v) is 8.13. The van der Waals surface area contributed by atoms with Crippen molar-refractivity contribution in [3.05, 3.63) is 88.7 Å². The Morgan fingerprint density at radius 2 is 1.79 bits per heavy atom. The number of fused-ring (bicyclic) bond motifs is 2. The first kappa shape index (κ1) is 18.0. The molecule has 0 unspecified atom stereocenters. The lowest BCUT2D eigenvalue weighted by atomic mass is 9.99. The zero-order valence-corrected chi connectivity index (χ0v) is 17.0. The summed E-state index contributed by atoms with van der Waals surface area (Å²) in [6.07, 6.45) is 3.09. The van der Waals surface area contributed by atoms with E-state index < -0.39 is 0 Å². The average molecular weight is 383 g/mol. The molecule has 0 atom stereocenters. The third-order valence-corrected chi connectivity index (χ3v) is 6.10. The van der Waals surface area contributed by atoms with E-state index in [9.17, 15) is 0 Å². The van der Waals surface area contributed by atoms with E-state index >= 15 is 0 Å². The van der Waals surface area contributed by atoms with Gasteiger partial charge in [0.15, 0.2) is 0 Å². The van der Waals surface area contributed by atoms with Gasteiger partial charge in [0, 0.05) is 37.1 Å². The smallest absolute Gasteiger partial charge is 0.137 e. The Morgan fingerprint density at radius 1 is 0.966 bits per heavy atom. The molecule has 4 aromatic rings. The van der Waals surface area contributed by atoms with Gasteiger partial charge in [-0.25, -0.2) is 4.98 Å². The first-order valence-corrected chi connectivity index (χ1v) is 10.2. The molecule has 0 aliphatic carbocycles. The lowest BCUT2D eigenvalue weighted by Gasteiger charge is -2.28. The van der Waals surface area contributed by atoms with Crippen molar-refractivity contribution >= 4 is 11.3 Å². The van der Waals surface area contributed by atoms with Gasteiger partial charge in [-0.1, -0.05) is 36.4 Å². The third-order valence-electron chi connectivity index (χ3n) is 6.10. The van der Waals surface area contributed by atoms with Crippen molar-refractivity contribution in [1.29, 1.82) is 0 Å². The van der Waals surface area contributed by atoms with Crippen LogP contribution >= 0.6 is 0 Å². The van der Waals surface area contributed by atoms with E-state index in [1.165, 1.54) is 33.5 Å². The molecule has 2 aromatic heterocycles. The molecule has 0 saturated heterocycles. The number of nitrogens with zero attached hydrogens (tertiary/aromatic N) is 3. The molecular formula is C25H26N4. The second kappa shape index (κ2) is 7.05. The van der Waals surface area contributed by atoms with Gasteiger partial charge >= 0.3 is 0 Å². The van der Waals surface area contributed by atoms with Crippen molar-refractivity contribution in [2.45, 2.75) is 33.4 Å². The van der Waals surface area contributed by atoms with Gasteiger partial charge in [-0.3, -0.25) is 4.90 Å². The summed E-state index contributed by atoms with van der Waals surface area (Å²) in [5.41, 5.74) is 16.7. The minimum absolute atomic E-state index is 0.756. The molecule has 0 fully saturated rings. The van der Waals surface area contributed by atoms with Crippen LogP contribution in [0.4, 0.5) is 5.69 Å². The highest BCUT2D eigenvalue weighted by Gasteiger charge is 2.21. The van der Waals surface area contributed by atoms with E-state index in [0.29, 0.717) is 0 Å². The third kappa shape index (κ3) is 3.30. The highest BCUT2D eigenvalue weighted by molar-refractivity contribution is 5.68. The van der Waals surface area contributed by atoms with E-state index in [4.69, 9.17) is 10.7 Å². The fourth-order valence-corrected chi connectivity index (χ4v) is 4.28. The Labute approximate surface area is 171 Å². The van der Waals surface area contributed by atoms with Crippen LogP contribution in [0.25, 0.3) is 16.9 Å². The standard InChI is InChI=1S/C25H26N4/c1-17-7-8-20(13-18(17)2)25-23(29-15-22(26)9-10-24(29)27-25)16-28-12-11-19-5-3-4-6-21(19)14-28/h3-10,13,15H,11-12,14,16,26H2,1-2H3. The summed E-state index contributed by atoms with van der Waals surface area (Å²) in [5.74, 6) is 0. The SMILES string of the molecule is Cc1ccc(-c2nc3ccc(N)cn3c2CN2CCc3ccccc3C2)cc1C. The number of anilines is 1. The lowest BCUT2D eigenvalue weighted by molar-refractivity contribution is 0.242. The lowest BCUT2D eigenvalue weighted by Crippen LogP contribution is -2.30. The van der Waals surface area contributed by atoms with Gasteiger partial charge in [0.25, 0.3) is 0 Å². The molecule has 0 amide bonds. The van der Waals surface area contributed by atoms with Crippen molar-refractivity contribution < 1.29 is 0 Å². The normalized spacial score (nSPS) is 14.3. The first-order chi connectivity index (χ1) is 14.1. The number of aryl methyl sites for hydroxylation is 2. The fourth-order valence-electron chi connectivity index (χ4n) is 4.28. The molecule has 146 valence electrons. The number of hydrogen-bond donors (Lipinski definition) is 1. The van der Waals surface area contributed by atoms with Gasteiger partial charge < -0.3 is 10.1 Å². The second-order valence-electron chi connectivity index (χ2n) is 8.13. The van der Waals surface area contributed by atoms with Gasteiger partial charge in [0.2, 0.25) is 0 Å². The summed E-state index contributed by atoms with van der Waals surface area (Å²) in [6, 6.07) is 19.3. The Bertz CT molecular complexity index is 1200. The van der Waals surface area contributed by atoms with Crippen molar-refractivity contribution in [2.75, 3.05) is 12.3 Å². The molecule has 1 aliphatic heterocycles. The van der Waals surface area contributed by atoms with E-state index in [1.807, 2.05) is 18.3 Å². The van der Waals surface area contributed by atoms with Gasteiger partial charge in [0.05, 0.1) is 11.4 Å². The van der Waals surface area contributed by atoms with E-state index in [1.54, 1.807) is 0 Å². The predicted octanol–water partition coefficient (Wildman–Crippen LogP) is 4.76. The van der Waals surface area contributed by atoms with Gasteiger partial charge in [-0.05, 0) is 60.7 Å². The summed E-state index contributed by atoms with van der Waals surface area (Å²) < 4.78 is 2.17. The largest absolute Gasteiger partial charge is 0.398 e. The van der Waals surface area contributed by atoms with Gasteiger partial charge in [0.1, 0.15) is 5.65 Å². The van der Waals surface area contributed by atoms with Crippen molar-refractivity contribution in [1.82, 2.24) is 14.3 Å². The Hall–Kier alpha value is -3.11. The Balaban J connectivity index is 1.58. The molecule has 0 saturated carbocycles. The van der Waals surface area contributed by atoms with E-state index in [0.717, 1.165) is 43.1 Å². The zero-order chi connectivity index (χ0) is 20.0. The minimum Gasteiger partial charge on any atom is -0.398 e. The van der Waals surface area contributed by atoms with Crippen LogP contribution in [0.1, 0.15) is 27.9 Å². The number of nitrogen functional groups attached to an aromatic ring is 1. The molecule has 5 rings (SSSR count). The number of pyridine rings is 1. The van der Waals surface area contributed by atoms with Crippen LogP contribution in [0.15, 0.2) is 60.8 Å². The van der Waals surface area contributed by atoms with Crippen molar-refractivity contribution in [3.8, 4) is 11.3 Å². The molecule has 4 heteroatoms. The molecule has 2 aromatic carbocycles. The van der Waals surface area contributed by atoms with Crippen molar-refractivity contribution in [3.63, 3.8) is 0 Å². The van der Waals surface area contributed by atoms with E-state index in [-0.39, 0.29) is 0 Å². The number of rotatable bonds is 3. The zero-order valence-electron chi connectivity index (χ0n) is 17.0. The summed E-state index contributed by atoms with van der Waals surface area (Å²) in [4.78, 5) is 7.50. The van der Waals surface area contributed by atoms with Crippen LogP contribution in [0, 0.1) is 13.8 Å². The Morgan fingerprint density at radius 3 is 2.62 bits per heavy atom. The molecule has 0 spiro atoms. The average Bonchev–Trinajstić information content (AvgIpc) is 3.07. The van der Waals surface area contributed by atoms with Crippen LogP contribution < -0.4 is 5.73 Å². The van der Waals surface area contributed by atoms with E-state index in [2.05, 4.69) is 65.6 Å². The molecule has 3 heterocycles. The quantitative estimate of drug-likeness (QED) is 0.556. The number of aromatic nitrogens is 2. The van der Waals surface area contributed by atoms with Crippen LogP contribution in [0.2, 0.25) is 0 Å². The monoisotopic (exact) mass is 382 g/mol. The highest BCUT2D eigenvalue weighted by Crippen LogP contribution is 2.29. The molecule has 29 heavy (non-hydrogen) atoms. The van der Waals surface area contributed by atoms with Crippen LogP contribution in [-0.4, -0.2) is 20.8 Å². The summed E-state index contributed by atoms with van der Waals surface area (Å²) in [7, 11) is 0. The highest BCUT2D eigenvalue weighted by atomic mass is 15.2. The maximum absolute atomic E-state index is 6.12. The maximum atomic E-state index is 6.12. The maximum Gasteiger partial charge on any atom is 0.137 e. The topological polar surface area (TPSA) is 46.6 Å². The number of imidazole rings is 1. The number of nitrogens with two attached hydrogens (primary N) is 1. The van der Waals surface area contributed by atoms with Crippen LogP contribution in [0.5, 0.6) is 0 Å².